The molecule has 0 spiro atoms. The Hall–Kier alpha value is 0.0800. The molecule has 11 heavy (non-hydrogen) atoms. The Kier molecular flexibility index (Phi) is 2.25. The summed E-state index contributed by atoms with van der Waals surface area (Å²) in [6.45, 7) is 0. The average Bonchev–Trinajstić information content (AvgIpc) is 2.55. The Morgan fingerprint density at radius 1 is 1.45 bits per heavy atom. The van der Waals surface area contributed by atoms with Crippen molar-refractivity contribution >= 4 is 34.7 Å². The smallest absolute Gasteiger partial charge is 0.0931 e. The van der Waals surface area contributed by atoms with Gasteiger partial charge in [0.05, 0.1) is 4.34 Å². The van der Waals surface area contributed by atoms with Gasteiger partial charge < -0.3 is 0 Å². The van der Waals surface area contributed by atoms with Gasteiger partial charge in [-0.25, -0.2) is 0 Å². The second-order valence-electron chi connectivity index (χ2n) is 2.37. The van der Waals surface area contributed by atoms with Crippen LogP contribution in [0.1, 0.15) is 16.5 Å². The third kappa shape index (κ3) is 1.63. The van der Waals surface area contributed by atoms with E-state index in [-0.39, 0.29) is 0 Å². The standard InChI is InChI=1S/C8H7ClS2/c9-8-4-3-7(11-8)6-2-1-5-10-6/h1,3-6H,2H2. The number of hydrogen-bond acceptors (Lipinski definition) is 2. The van der Waals surface area contributed by atoms with Crippen LogP contribution < -0.4 is 0 Å². The summed E-state index contributed by atoms with van der Waals surface area (Å²) >= 11 is 9.40. The predicted molar refractivity (Wildman–Crippen MR) is 53.4 cm³/mol. The molecule has 1 aliphatic rings. The van der Waals surface area contributed by atoms with Crippen molar-refractivity contribution in [3.05, 3.63) is 32.8 Å². The first-order valence-corrected chi connectivity index (χ1v) is 5.56. The fraction of sp³-hybridized carbons (Fsp3) is 0.250. The minimum atomic E-state index is 0.632. The lowest BCUT2D eigenvalue weighted by molar-refractivity contribution is 1.02. The molecule has 58 valence electrons. The molecule has 1 aromatic rings. The Labute approximate surface area is 79.3 Å². The highest BCUT2D eigenvalue weighted by atomic mass is 35.5. The monoisotopic (exact) mass is 202 g/mol. The van der Waals surface area contributed by atoms with E-state index in [1.165, 1.54) is 4.88 Å². The van der Waals surface area contributed by atoms with Gasteiger partial charge in [-0.2, -0.15) is 0 Å². The highest BCUT2D eigenvalue weighted by Gasteiger charge is 2.14. The van der Waals surface area contributed by atoms with Gasteiger partial charge in [-0.15, -0.1) is 23.1 Å². The molecule has 0 saturated heterocycles. The van der Waals surface area contributed by atoms with Crippen LogP contribution in [0.3, 0.4) is 0 Å². The van der Waals surface area contributed by atoms with Crippen molar-refractivity contribution in [2.75, 3.05) is 0 Å². The van der Waals surface area contributed by atoms with Crippen molar-refractivity contribution < 1.29 is 0 Å². The highest BCUT2D eigenvalue weighted by Crippen LogP contribution is 2.42. The number of halogens is 1. The van der Waals surface area contributed by atoms with Gasteiger partial charge in [0, 0.05) is 10.1 Å². The largest absolute Gasteiger partial charge is 0.127 e. The Morgan fingerprint density at radius 3 is 2.91 bits per heavy atom. The van der Waals surface area contributed by atoms with Crippen LogP contribution in [0.4, 0.5) is 0 Å². The van der Waals surface area contributed by atoms with E-state index in [1.807, 2.05) is 17.8 Å². The molecule has 0 bridgehead atoms. The lowest BCUT2D eigenvalue weighted by atomic mass is 10.2. The molecule has 0 saturated carbocycles. The van der Waals surface area contributed by atoms with E-state index in [1.54, 1.807) is 11.3 Å². The average molecular weight is 203 g/mol. The number of allylic oxidation sites excluding steroid dienone is 1. The van der Waals surface area contributed by atoms with E-state index in [4.69, 9.17) is 11.6 Å². The van der Waals surface area contributed by atoms with Crippen molar-refractivity contribution in [3.8, 4) is 0 Å². The van der Waals surface area contributed by atoms with Crippen LogP contribution in [0.2, 0.25) is 4.34 Å². The summed E-state index contributed by atoms with van der Waals surface area (Å²) in [5, 5.41) is 2.80. The van der Waals surface area contributed by atoms with E-state index in [2.05, 4.69) is 17.6 Å². The summed E-state index contributed by atoms with van der Waals surface area (Å²) in [5.74, 6) is 0. The van der Waals surface area contributed by atoms with Gasteiger partial charge in [-0.1, -0.05) is 17.7 Å². The Bertz CT molecular complexity index is 269. The van der Waals surface area contributed by atoms with Gasteiger partial charge in [0.2, 0.25) is 0 Å². The fourth-order valence-electron chi connectivity index (χ4n) is 1.07. The Morgan fingerprint density at radius 2 is 2.36 bits per heavy atom. The van der Waals surface area contributed by atoms with E-state index in [0.29, 0.717) is 5.25 Å². The molecule has 0 aromatic carbocycles. The summed E-state index contributed by atoms with van der Waals surface area (Å²) < 4.78 is 0.896. The molecule has 0 fully saturated rings. The van der Waals surface area contributed by atoms with Gasteiger partial charge in [-0.3, -0.25) is 0 Å². The molecule has 0 aliphatic carbocycles. The Balaban J connectivity index is 2.17. The minimum absolute atomic E-state index is 0.632. The van der Waals surface area contributed by atoms with Crippen molar-refractivity contribution in [1.82, 2.24) is 0 Å². The van der Waals surface area contributed by atoms with Crippen molar-refractivity contribution in [3.63, 3.8) is 0 Å². The number of thioether (sulfide) groups is 1. The summed E-state index contributed by atoms with van der Waals surface area (Å²) in [6.07, 6.45) is 3.37. The molecule has 1 aromatic heterocycles. The van der Waals surface area contributed by atoms with Gasteiger partial charge in [-0.05, 0) is 24.0 Å². The molecule has 2 heterocycles. The maximum absolute atomic E-state index is 5.83. The summed E-state index contributed by atoms with van der Waals surface area (Å²) in [6, 6.07) is 4.10. The second kappa shape index (κ2) is 3.21. The predicted octanol–water partition coefficient (Wildman–Crippen LogP) is 4.09. The summed E-state index contributed by atoms with van der Waals surface area (Å²) in [5.41, 5.74) is 0. The SMILES string of the molecule is Clc1ccc(C2CC=CS2)s1. The molecule has 0 radical (unpaired) electrons. The minimum Gasteiger partial charge on any atom is -0.127 e. The van der Waals surface area contributed by atoms with Crippen LogP contribution in [0.25, 0.3) is 0 Å². The zero-order valence-corrected chi connectivity index (χ0v) is 8.18. The maximum Gasteiger partial charge on any atom is 0.0931 e. The zero-order chi connectivity index (χ0) is 7.68. The third-order valence-electron chi connectivity index (χ3n) is 1.60. The van der Waals surface area contributed by atoms with Crippen LogP contribution in [-0.2, 0) is 0 Å². The quantitative estimate of drug-likeness (QED) is 0.661. The first-order chi connectivity index (χ1) is 5.36. The van der Waals surface area contributed by atoms with Gasteiger partial charge >= 0.3 is 0 Å². The lowest BCUT2D eigenvalue weighted by Crippen LogP contribution is -1.80. The van der Waals surface area contributed by atoms with Gasteiger partial charge in [0.15, 0.2) is 0 Å². The molecule has 0 amide bonds. The first-order valence-electron chi connectivity index (χ1n) is 3.42. The van der Waals surface area contributed by atoms with E-state index in [9.17, 15) is 0 Å². The van der Waals surface area contributed by atoms with E-state index < -0.39 is 0 Å². The molecule has 1 atom stereocenters. The van der Waals surface area contributed by atoms with Crippen molar-refractivity contribution in [1.29, 1.82) is 0 Å². The van der Waals surface area contributed by atoms with Crippen LogP contribution in [-0.4, -0.2) is 0 Å². The fourth-order valence-corrected chi connectivity index (χ4v) is 3.28. The van der Waals surface area contributed by atoms with Gasteiger partial charge in [0.1, 0.15) is 0 Å². The first kappa shape index (κ1) is 7.71. The number of rotatable bonds is 1. The van der Waals surface area contributed by atoms with Crippen LogP contribution >= 0.6 is 34.7 Å². The van der Waals surface area contributed by atoms with Crippen LogP contribution in [0.5, 0.6) is 0 Å². The van der Waals surface area contributed by atoms with Crippen molar-refractivity contribution in [2.45, 2.75) is 11.7 Å². The van der Waals surface area contributed by atoms with Gasteiger partial charge in [0.25, 0.3) is 0 Å². The normalized spacial score (nSPS) is 22.8. The third-order valence-corrected chi connectivity index (χ3v) is 4.22. The molecule has 0 N–H and O–H groups in total. The van der Waals surface area contributed by atoms with Crippen molar-refractivity contribution in [2.24, 2.45) is 0 Å². The van der Waals surface area contributed by atoms with E-state index >= 15 is 0 Å². The number of thiophene rings is 1. The lowest BCUT2D eigenvalue weighted by Gasteiger charge is -2.02. The molecule has 2 rings (SSSR count). The second-order valence-corrected chi connectivity index (χ2v) is 5.23. The molecule has 0 nitrogen and oxygen atoms in total. The molecular formula is C8H7ClS2. The topological polar surface area (TPSA) is 0 Å². The highest BCUT2D eigenvalue weighted by molar-refractivity contribution is 8.02. The zero-order valence-electron chi connectivity index (χ0n) is 5.79. The summed E-state index contributed by atoms with van der Waals surface area (Å²) in [7, 11) is 0. The number of hydrogen-bond donors (Lipinski definition) is 0. The van der Waals surface area contributed by atoms with E-state index in [0.717, 1.165) is 10.8 Å². The summed E-state index contributed by atoms with van der Waals surface area (Å²) in [4.78, 5) is 1.39. The maximum atomic E-state index is 5.83. The molecular weight excluding hydrogens is 196 g/mol. The van der Waals surface area contributed by atoms with Crippen LogP contribution in [0.15, 0.2) is 23.6 Å². The molecule has 3 heteroatoms. The molecule has 1 aliphatic heterocycles. The van der Waals surface area contributed by atoms with Crippen LogP contribution in [0, 0.1) is 0 Å². The molecule has 1 unspecified atom stereocenters.